The number of piperazine rings is 1. The van der Waals surface area contributed by atoms with Crippen LogP contribution in [0.15, 0.2) is 18.2 Å². The highest BCUT2D eigenvalue weighted by atomic mass is 35.5. The van der Waals surface area contributed by atoms with Crippen molar-refractivity contribution in [1.82, 2.24) is 9.96 Å². The average Bonchev–Trinajstić information content (AvgIpc) is 2.45. The molecule has 20 heavy (non-hydrogen) atoms. The zero-order valence-electron chi connectivity index (χ0n) is 10.9. The molecule has 1 aliphatic heterocycles. The van der Waals surface area contributed by atoms with Gasteiger partial charge in [-0.1, -0.05) is 23.2 Å². The Bertz CT molecular complexity index is 508. The second-order valence-corrected chi connectivity index (χ2v) is 5.26. The van der Waals surface area contributed by atoms with Gasteiger partial charge in [0.25, 0.3) is 5.91 Å². The minimum Gasteiger partial charge on any atom is -0.333 e. The van der Waals surface area contributed by atoms with Gasteiger partial charge in [-0.2, -0.15) is 5.06 Å². The van der Waals surface area contributed by atoms with E-state index in [2.05, 4.69) is 0 Å². The maximum absolute atomic E-state index is 12.1. The first-order valence-corrected chi connectivity index (χ1v) is 6.85. The molecule has 1 saturated heterocycles. The van der Waals surface area contributed by atoms with Gasteiger partial charge in [0.2, 0.25) is 5.78 Å². The molecule has 0 saturated carbocycles. The number of nitrogens with zero attached hydrogens (tertiary/aromatic N) is 2. The van der Waals surface area contributed by atoms with Crippen molar-refractivity contribution in [3.8, 4) is 0 Å². The Hall–Kier alpha value is -1.14. The van der Waals surface area contributed by atoms with Gasteiger partial charge in [-0.05, 0) is 18.2 Å². The number of rotatable bonds is 3. The topological polar surface area (TPSA) is 49.9 Å². The van der Waals surface area contributed by atoms with E-state index < -0.39 is 11.7 Å². The molecule has 1 fully saturated rings. The summed E-state index contributed by atoms with van der Waals surface area (Å²) in [5.41, 5.74) is 0.210. The quantitative estimate of drug-likeness (QED) is 0.631. The Morgan fingerprint density at radius 2 is 1.60 bits per heavy atom. The molecule has 0 radical (unpaired) electrons. The Morgan fingerprint density at radius 1 is 1.05 bits per heavy atom. The van der Waals surface area contributed by atoms with Crippen molar-refractivity contribution in [3.63, 3.8) is 0 Å². The molecular formula is C13H14Cl2N2O3. The van der Waals surface area contributed by atoms with Crippen molar-refractivity contribution in [3.05, 3.63) is 33.8 Å². The molecule has 1 aliphatic rings. The molecule has 7 heteroatoms. The van der Waals surface area contributed by atoms with Crippen LogP contribution in [0.4, 0.5) is 0 Å². The smallest absolute Gasteiger partial charge is 0.295 e. The van der Waals surface area contributed by atoms with Gasteiger partial charge in [-0.25, -0.2) is 0 Å². The van der Waals surface area contributed by atoms with E-state index in [4.69, 9.17) is 28.0 Å². The average molecular weight is 317 g/mol. The molecule has 1 aromatic rings. The summed E-state index contributed by atoms with van der Waals surface area (Å²) in [7, 11) is 1.58. The Morgan fingerprint density at radius 3 is 2.10 bits per heavy atom. The summed E-state index contributed by atoms with van der Waals surface area (Å²) in [6, 6.07) is 4.40. The van der Waals surface area contributed by atoms with Crippen molar-refractivity contribution in [2.75, 3.05) is 33.3 Å². The number of benzene rings is 1. The molecule has 5 nitrogen and oxygen atoms in total. The van der Waals surface area contributed by atoms with Crippen LogP contribution in [0.25, 0.3) is 0 Å². The Labute approximate surface area is 126 Å². The number of carbonyl (C=O) groups excluding carboxylic acids is 2. The zero-order chi connectivity index (χ0) is 14.7. The number of hydrogen-bond acceptors (Lipinski definition) is 4. The summed E-state index contributed by atoms with van der Waals surface area (Å²) in [5.74, 6) is -1.14. The number of carbonyl (C=O) groups is 2. The Balaban J connectivity index is 2.07. The zero-order valence-corrected chi connectivity index (χ0v) is 12.4. The van der Waals surface area contributed by atoms with E-state index in [-0.39, 0.29) is 5.56 Å². The van der Waals surface area contributed by atoms with E-state index in [0.29, 0.717) is 36.2 Å². The third-order valence-corrected chi connectivity index (χ3v) is 3.54. The maximum Gasteiger partial charge on any atom is 0.295 e. The van der Waals surface area contributed by atoms with Crippen LogP contribution < -0.4 is 0 Å². The van der Waals surface area contributed by atoms with Gasteiger partial charge in [-0.3, -0.25) is 9.59 Å². The first kappa shape index (κ1) is 15.3. The molecule has 0 bridgehead atoms. The highest BCUT2D eigenvalue weighted by Gasteiger charge is 2.27. The van der Waals surface area contributed by atoms with E-state index in [1.807, 2.05) is 0 Å². The highest BCUT2D eigenvalue weighted by molar-refractivity contribution is 6.44. The van der Waals surface area contributed by atoms with Gasteiger partial charge in [0.15, 0.2) is 0 Å². The number of ketones is 1. The van der Waals surface area contributed by atoms with Crippen LogP contribution in [-0.4, -0.2) is 54.9 Å². The summed E-state index contributed by atoms with van der Waals surface area (Å²) in [4.78, 5) is 30.9. The lowest BCUT2D eigenvalue weighted by molar-refractivity contribution is -0.159. The van der Waals surface area contributed by atoms with Crippen molar-refractivity contribution < 1.29 is 14.4 Å². The molecule has 108 valence electrons. The van der Waals surface area contributed by atoms with Crippen molar-refractivity contribution in [2.45, 2.75) is 0 Å². The van der Waals surface area contributed by atoms with E-state index in [9.17, 15) is 9.59 Å². The molecule has 0 unspecified atom stereocenters. The molecule has 1 aromatic carbocycles. The summed E-state index contributed by atoms with van der Waals surface area (Å²) < 4.78 is 0. The minimum atomic E-state index is -0.597. The fourth-order valence-electron chi connectivity index (χ4n) is 2.03. The normalized spacial score (nSPS) is 16.2. The second kappa shape index (κ2) is 6.54. The molecular weight excluding hydrogens is 303 g/mol. The standard InChI is InChI=1S/C13H14Cl2N2O3/c1-20-17-4-2-16(3-5-17)13(19)12(18)9-6-10(14)8-11(15)7-9/h6-8H,2-5H2,1H3. The lowest BCUT2D eigenvalue weighted by atomic mass is 10.1. The van der Waals surface area contributed by atoms with Crippen LogP contribution >= 0.6 is 23.2 Å². The molecule has 2 rings (SSSR count). The molecule has 0 N–H and O–H groups in total. The molecule has 1 heterocycles. The number of Topliss-reactive ketones (excluding diaryl/α,β-unsaturated/α-hetero) is 1. The van der Waals surface area contributed by atoms with Crippen LogP contribution in [0.5, 0.6) is 0 Å². The highest BCUT2D eigenvalue weighted by Crippen LogP contribution is 2.20. The van der Waals surface area contributed by atoms with Crippen molar-refractivity contribution >= 4 is 34.9 Å². The van der Waals surface area contributed by atoms with E-state index in [1.165, 1.54) is 23.1 Å². The Kier molecular flexibility index (Phi) is 4.99. The largest absolute Gasteiger partial charge is 0.333 e. The third kappa shape index (κ3) is 3.49. The van der Waals surface area contributed by atoms with Gasteiger partial charge < -0.3 is 9.74 Å². The van der Waals surface area contributed by atoms with E-state index in [1.54, 1.807) is 12.2 Å². The number of halogens is 2. The third-order valence-electron chi connectivity index (χ3n) is 3.10. The van der Waals surface area contributed by atoms with Gasteiger partial charge in [0.05, 0.1) is 7.11 Å². The monoisotopic (exact) mass is 316 g/mol. The first-order valence-electron chi connectivity index (χ1n) is 6.10. The van der Waals surface area contributed by atoms with Crippen LogP contribution in [0.2, 0.25) is 10.0 Å². The molecule has 0 spiro atoms. The number of amides is 1. The number of hydrogen-bond donors (Lipinski definition) is 0. The summed E-state index contributed by atoms with van der Waals surface area (Å²) >= 11 is 11.7. The van der Waals surface area contributed by atoms with Crippen molar-refractivity contribution in [2.24, 2.45) is 0 Å². The molecule has 1 amide bonds. The fraction of sp³-hybridized carbons (Fsp3) is 0.385. The van der Waals surface area contributed by atoms with E-state index >= 15 is 0 Å². The SMILES string of the molecule is CON1CCN(C(=O)C(=O)c2cc(Cl)cc(Cl)c2)CC1. The van der Waals surface area contributed by atoms with Gasteiger partial charge in [0.1, 0.15) is 0 Å². The van der Waals surface area contributed by atoms with Crippen LogP contribution in [0, 0.1) is 0 Å². The second-order valence-electron chi connectivity index (χ2n) is 4.39. The van der Waals surface area contributed by atoms with Gasteiger partial charge in [-0.15, -0.1) is 0 Å². The predicted molar refractivity (Wildman–Crippen MR) is 76.0 cm³/mol. The lowest BCUT2D eigenvalue weighted by Gasteiger charge is -2.32. The summed E-state index contributed by atoms with van der Waals surface area (Å²) in [5, 5.41) is 2.40. The van der Waals surface area contributed by atoms with Gasteiger partial charge >= 0.3 is 0 Å². The molecule has 0 aromatic heterocycles. The maximum atomic E-state index is 12.1. The van der Waals surface area contributed by atoms with E-state index in [0.717, 1.165) is 0 Å². The fourth-order valence-corrected chi connectivity index (χ4v) is 2.55. The lowest BCUT2D eigenvalue weighted by Crippen LogP contribution is -2.50. The van der Waals surface area contributed by atoms with Gasteiger partial charge in [0, 0.05) is 41.8 Å². The predicted octanol–water partition coefficient (Wildman–Crippen LogP) is 1.88. The minimum absolute atomic E-state index is 0.210. The molecule has 0 aliphatic carbocycles. The first-order chi connectivity index (χ1) is 9.51. The van der Waals surface area contributed by atoms with Crippen molar-refractivity contribution in [1.29, 1.82) is 0 Å². The summed E-state index contributed by atoms with van der Waals surface area (Å²) in [6.45, 7) is 2.05. The summed E-state index contributed by atoms with van der Waals surface area (Å²) in [6.07, 6.45) is 0. The van der Waals surface area contributed by atoms with Crippen LogP contribution in [0.3, 0.4) is 0 Å². The number of hydroxylamine groups is 2. The van der Waals surface area contributed by atoms with Crippen LogP contribution in [-0.2, 0) is 9.63 Å². The molecule has 0 atom stereocenters. The van der Waals surface area contributed by atoms with Crippen LogP contribution in [0.1, 0.15) is 10.4 Å².